The third-order valence-electron chi connectivity index (χ3n) is 3.75. The molecule has 1 N–H and O–H groups in total. The fourth-order valence-electron chi connectivity index (χ4n) is 2.48. The Morgan fingerprint density at radius 2 is 2.04 bits per heavy atom. The van der Waals surface area contributed by atoms with E-state index in [0.717, 1.165) is 4.31 Å². The number of benzene rings is 2. The number of sulfonamides is 1. The molecule has 3 rings (SSSR count). The molecule has 28 heavy (non-hydrogen) atoms. The molecule has 2 aromatic carbocycles. The number of carbonyl (C=O) groups is 1. The highest BCUT2D eigenvalue weighted by Gasteiger charge is 2.26. The molecule has 9 heteroatoms. The number of para-hydroxylation sites is 1. The summed E-state index contributed by atoms with van der Waals surface area (Å²) in [4.78, 5) is 16.4. The third kappa shape index (κ3) is 4.24. The van der Waals surface area contributed by atoms with Crippen LogP contribution in [0.15, 0.2) is 77.7 Å². The smallest absolute Gasteiger partial charge is 0.264 e. The van der Waals surface area contributed by atoms with Crippen molar-refractivity contribution in [2.75, 3.05) is 16.2 Å². The van der Waals surface area contributed by atoms with Gasteiger partial charge in [-0.05, 0) is 30.3 Å². The number of thiazole rings is 1. The minimum Gasteiger partial charge on any atom is -0.298 e. The Morgan fingerprint density at radius 1 is 1.25 bits per heavy atom. The van der Waals surface area contributed by atoms with E-state index in [4.69, 9.17) is 11.6 Å². The second-order valence-corrected chi connectivity index (χ2v) is 8.76. The first-order valence-corrected chi connectivity index (χ1v) is 10.8. The molecule has 0 aliphatic carbocycles. The monoisotopic (exact) mass is 433 g/mol. The largest absolute Gasteiger partial charge is 0.298 e. The lowest BCUT2D eigenvalue weighted by Crippen LogP contribution is -2.31. The summed E-state index contributed by atoms with van der Waals surface area (Å²) < 4.78 is 27.6. The highest BCUT2D eigenvalue weighted by atomic mass is 35.5. The quantitative estimate of drug-likeness (QED) is 0.559. The Kier molecular flexibility index (Phi) is 6.13. The third-order valence-corrected chi connectivity index (χ3v) is 6.54. The number of hydrogen-bond donors (Lipinski definition) is 1. The zero-order valence-corrected chi connectivity index (χ0v) is 17.0. The van der Waals surface area contributed by atoms with Gasteiger partial charge in [-0.15, -0.1) is 17.9 Å². The molecule has 3 aromatic rings. The molecule has 144 valence electrons. The lowest BCUT2D eigenvalue weighted by atomic mass is 10.2. The minimum absolute atomic E-state index is 0.0268. The van der Waals surface area contributed by atoms with Crippen LogP contribution in [0.1, 0.15) is 10.4 Å². The van der Waals surface area contributed by atoms with Crippen molar-refractivity contribution in [1.82, 2.24) is 4.98 Å². The van der Waals surface area contributed by atoms with Crippen LogP contribution in [-0.2, 0) is 10.0 Å². The summed E-state index contributed by atoms with van der Waals surface area (Å²) in [5, 5.41) is 5.09. The zero-order valence-electron chi connectivity index (χ0n) is 14.6. The van der Waals surface area contributed by atoms with Gasteiger partial charge < -0.3 is 0 Å². The van der Waals surface area contributed by atoms with Gasteiger partial charge in [0, 0.05) is 17.1 Å². The number of anilines is 2. The number of nitrogens with one attached hydrogen (secondary N) is 1. The van der Waals surface area contributed by atoms with E-state index in [1.807, 2.05) is 0 Å². The van der Waals surface area contributed by atoms with Crippen molar-refractivity contribution < 1.29 is 13.2 Å². The summed E-state index contributed by atoms with van der Waals surface area (Å²) in [6, 6.07) is 12.5. The van der Waals surface area contributed by atoms with Gasteiger partial charge in [-0.1, -0.05) is 35.9 Å². The minimum atomic E-state index is -3.97. The lowest BCUT2D eigenvalue weighted by molar-refractivity contribution is 0.102. The van der Waals surface area contributed by atoms with E-state index >= 15 is 0 Å². The van der Waals surface area contributed by atoms with Crippen molar-refractivity contribution in [3.05, 3.63) is 83.3 Å². The number of carbonyl (C=O) groups excluding carboxylic acids is 1. The van der Waals surface area contributed by atoms with Crippen molar-refractivity contribution in [1.29, 1.82) is 0 Å². The molecule has 6 nitrogen and oxygen atoms in total. The number of aromatic nitrogens is 1. The van der Waals surface area contributed by atoms with Crippen LogP contribution in [0.5, 0.6) is 0 Å². The van der Waals surface area contributed by atoms with Crippen LogP contribution >= 0.6 is 22.9 Å². The average molecular weight is 434 g/mol. The summed E-state index contributed by atoms with van der Waals surface area (Å²) in [7, 11) is -3.97. The molecule has 0 unspecified atom stereocenters. The standard InChI is InChI=1S/C19H16ClN3O3S2/c1-2-11-23(17-9-4-3-8-16(17)20)28(25,26)15-7-5-6-14(13-15)18(24)22-19-21-10-12-27-19/h2-10,12-13H,1,11H2,(H,21,22,24). The second-order valence-electron chi connectivity index (χ2n) is 5.60. The van der Waals surface area contributed by atoms with E-state index in [9.17, 15) is 13.2 Å². The number of nitrogens with zero attached hydrogens (tertiary/aromatic N) is 2. The predicted molar refractivity (Wildman–Crippen MR) is 113 cm³/mol. The molecule has 0 aliphatic heterocycles. The number of rotatable bonds is 7. The van der Waals surface area contributed by atoms with Crippen LogP contribution < -0.4 is 9.62 Å². The van der Waals surface area contributed by atoms with Gasteiger partial charge in [0.1, 0.15) is 0 Å². The van der Waals surface area contributed by atoms with Crippen molar-refractivity contribution in [3.8, 4) is 0 Å². The van der Waals surface area contributed by atoms with Gasteiger partial charge in [-0.2, -0.15) is 0 Å². The molecular weight excluding hydrogens is 418 g/mol. The van der Waals surface area contributed by atoms with E-state index in [0.29, 0.717) is 15.8 Å². The molecule has 0 radical (unpaired) electrons. The first-order chi connectivity index (χ1) is 13.4. The summed E-state index contributed by atoms with van der Waals surface area (Å²) in [5.41, 5.74) is 0.538. The van der Waals surface area contributed by atoms with Crippen LogP contribution in [0.3, 0.4) is 0 Å². The van der Waals surface area contributed by atoms with Gasteiger partial charge >= 0.3 is 0 Å². The molecular formula is C19H16ClN3O3S2. The number of amides is 1. The van der Waals surface area contributed by atoms with Gasteiger partial charge in [-0.3, -0.25) is 14.4 Å². The zero-order chi connectivity index (χ0) is 20.1. The fraction of sp³-hybridized carbons (Fsp3) is 0.0526. The van der Waals surface area contributed by atoms with Gasteiger partial charge in [-0.25, -0.2) is 13.4 Å². The summed E-state index contributed by atoms with van der Waals surface area (Å²) in [5.74, 6) is -0.444. The van der Waals surface area contributed by atoms with Gasteiger partial charge in [0.25, 0.3) is 15.9 Å². The van der Waals surface area contributed by atoms with Gasteiger partial charge in [0.05, 0.1) is 22.2 Å². The fourth-order valence-corrected chi connectivity index (χ4v) is 4.79. The highest BCUT2D eigenvalue weighted by molar-refractivity contribution is 7.92. The van der Waals surface area contributed by atoms with E-state index in [1.54, 1.807) is 35.8 Å². The Labute approximate surface area is 172 Å². The Hall–Kier alpha value is -2.68. The van der Waals surface area contributed by atoms with Crippen LogP contribution in [0.4, 0.5) is 10.8 Å². The van der Waals surface area contributed by atoms with Gasteiger partial charge in [0.2, 0.25) is 0 Å². The van der Waals surface area contributed by atoms with Crippen molar-refractivity contribution in [2.45, 2.75) is 4.90 Å². The Balaban J connectivity index is 1.97. The van der Waals surface area contributed by atoms with Crippen molar-refractivity contribution in [3.63, 3.8) is 0 Å². The molecule has 1 amide bonds. The molecule has 0 atom stereocenters. The van der Waals surface area contributed by atoms with E-state index in [2.05, 4.69) is 16.9 Å². The molecule has 1 heterocycles. The maximum absolute atomic E-state index is 13.2. The maximum Gasteiger partial charge on any atom is 0.264 e. The maximum atomic E-state index is 13.2. The van der Waals surface area contributed by atoms with Crippen molar-refractivity contribution >= 4 is 49.7 Å². The lowest BCUT2D eigenvalue weighted by Gasteiger charge is -2.24. The van der Waals surface area contributed by atoms with E-state index in [-0.39, 0.29) is 17.0 Å². The van der Waals surface area contributed by atoms with Crippen LogP contribution in [-0.4, -0.2) is 25.9 Å². The van der Waals surface area contributed by atoms with Crippen molar-refractivity contribution in [2.24, 2.45) is 0 Å². The molecule has 0 spiro atoms. The molecule has 1 aromatic heterocycles. The SMILES string of the molecule is C=CCN(c1ccccc1Cl)S(=O)(=O)c1cccc(C(=O)Nc2nccs2)c1. The topological polar surface area (TPSA) is 79.4 Å². The average Bonchev–Trinajstić information content (AvgIpc) is 3.20. The molecule has 0 saturated heterocycles. The van der Waals surface area contributed by atoms with E-state index < -0.39 is 15.9 Å². The summed E-state index contributed by atoms with van der Waals surface area (Å²) >= 11 is 7.47. The normalized spacial score (nSPS) is 11.0. The molecule has 0 saturated carbocycles. The molecule has 0 bridgehead atoms. The summed E-state index contributed by atoms with van der Waals surface area (Å²) in [6.07, 6.45) is 3.04. The Bertz CT molecular complexity index is 1100. The van der Waals surface area contributed by atoms with E-state index in [1.165, 1.54) is 41.7 Å². The number of halogens is 1. The van der Waals surface area contributed by atoms with Crippen LogP contribution in [0, 0.1) is 0 Å². The second kappa shape index (κ2) is 8.55. The van der Waals surface area contributed by atoms with Crippen LogP contribution in [0.2, 0.25) is 5.02 Å². The summed E-state index contributed by atoms with van der Waals surface area (Å²) in [6.45, 7) is 3.66. The highest BCUT2D eigenvalue weighted by Crippen LogP contribution is 2.30. The number of hydrogen-bond acceptors (Lipinski definition) is 5. The predicted octanol–water partition coefficient (Wildman–Crippen LogP) is 4.43. The molecule has 0 fully saturated rings. The first kappa shape index (κ1) is 20.1. The molecule has 0 aliphatic rings. The Morgan fingerprint density at radius 3 is 2.71 bits per heavy atom. The van der Waals surface area contributed by atoms with Gasteiger partial charge in [0.15, 0.2) is 5.13 Å². The van der Waals surface area contributed by atoms with Crippen LogP contribution in [0.25, 0.3) is 0 Å². The first-order valence-electron chi connectivity index (χ1n) is 8.12.